The summed E-state index contributed by atoms with van der Waals surface area (Å²) in [6, 6.07) is 6.69. The number of allylic oxidation sites excluding steroid dienone is 1. The summed E-state index contributed by atoms with van der Waals surface area (Å²) in [5.41, 5.74) is 2.04. The molecule has 1 aromatic rings. The van der Waals surface area contributed by atoms with E-state index in [1.165, 1.54) is 12.0 Å². The van der Waals surface area contributed by atoms with Gasteiger partial charge in [0.1, 0.15) is 11.8 Å². The molecule has 0 unspecified atom stereocenters. The van der Waals surface area contributed by atoms with E-state index in [0.29, 0.717) is 24.4 Å². The lowest BCUT2D eigenvalue weighted by atomic mass is 10.1. The van der Waals surface area contributed by atoms with Gasteiger partial charge in [0.05, 0.1) is 7.11 Å². The predicted molar refractivity (Wildman–Crippen MR) is 96.6 cm³/mol. The molecule has 3 rings (SSSR count). The Morgan fingerprint density at radius 1 is 1.24 bits per heavy atom. The van der Waals surface area contributed by atoms with Crippen molar-refractivity contribution in [2.24, 2.45) is 0 Å². The summed E-state index contributed by atoms with van der Waals surface area (Å²) in [4.78, 5) is 27.0. The zero-order valence-electron chi connectivity index (χ0n) is 14.8. The summed E-state index contributed by atoms with van der Waals surface area (Å²) in [5, 5.41) is 3.01. The molecule has 1 aliphatic carbocycles. The van der Waals surface area contributed by atoms with Crippen molar-refractivity contribution >= 4 is 11.8 Å². The van der Waals surface area contributed by atoms with E-state index in [9.17, 15) is 9.59 Å². The first kappa shape index (κ1) is 17.5. The average Bonchev–Trinajstić information content (AvgIpc) is 3.33. The highest BCUT2D eigenvalue weighted by Gasteiger charge is 2.34. The fourth-order valence-corrected chi connectivity index (χ4v) is 3.61. The van der Waals surface area contributed by atoms with Gasteiger partial charge in [0, 0.05) is 18.7 Å². The van der Waals surface area contributed by atoms with Crippen molar-refractivity contribution < 1.29 is 14.3 Å². The quantitative estimate of drug-likeness (QED) is 0.809. The van der Waals surface area contributed by atoms with Crippen LogP contribution in [-0.4, -0.2) is 43.0 Å². The second-order valence-corrected chi connectivity index (χ2v) is 6.68. The first-order chi connectivity index (χ1) is 12.2. The Morgan fingerprint density at radius 2 is 2.04 bits per heavy atom. The molecule has 0 saturated carbocycles. The first-order valence-corrected chi connectivity index (χ1v) is 9.09. The fourth-order valence-electron chi connectivity index (χ4n) is 3.61. The number of rotatable bonds is 6. The maximum absolute atomic E-state index is 12.7. The third-order valence-corrected chi connectivity index (χ3v) is 5.03. The van der Waals surface area contributed by atoms with Crippen molar-refractivity contribution in [3.8, 4) is 5.75 Å². The van der Waals surface area contributed by atoms with Crippen LogP contribution < -0.4 is 10.1 Å². The fraction of sp³-hybridized carbons (Fsp3) is 0.500. The van der Waals surface area contributed by atoms with E-state index in [1.807, 2.05) is 0 Å². The van der Waals surface area contributed by atoms with Gasteiger partial charge in [-0.15, -0.1) is 0 Å². The lowest BCUT2D eigenvalue weighted by Crippen LogP contribution is -2.46. The van der Waals surface area contributed by atoms with Crippen LogP contribution >= 0.6 is 0 Å². The van der Waals surface area contributed by atoms with Crippen LogP contribution in [0.15, 0.2) is 35.9 Å². The standard InChI is InChI=1S/C20H26N2O3/c1-25-17-10-8-16(9-11-17)20(24)22-14-4-7-18(22)19(23)21-13-12-15-5-2-3-6-15/h5,8-11,18H,2-4,6-7,12-14H2,1H3,(H,21,23)/t18-/m1/s1. The SMILES string of the molecule is COc1ccc(C(=O)N2CCC[C@@H]2C(=O)NCCC2=CCCC2)cc1. The minimum absolute atomic E-state index is 0.0297. The number of carbonyl (C=O) groups excluding carboxylic acids is 2. The van der Waals surface area contributed by atoms with Gasteiger partial charge in [-0.2, -0.15) is 0 Å². The molecule has 1 aromatic carbocycles. The third-order valence-electron chi connectivity index (χ3n) is 5.03. The number of nitrogens with zero attached hydrogens (tertiary/aromatic N) is 1. The molecular weight excluding hydrogens is 316 g/mol. The molecule has 1 N–H and O–H groups in total. The molecule has 2 aliphatic rings. The summed E-state index contributed by atoms with van der Waals surface area (Å²) in [6.45, 7) is 1.29. The van der Waals surface area contributed by atoms with Gasteiger partial charge in [-0.1, -0.05) is 11.6 Å². The lowest BCUT2D eigenvalue weighted by Gasteiger charge is -2.24. The highest BCUT2D eigenvalue weighted by molar-refractivity contribution is 5.98. The van der Waals surface area contributed by atoms with Crippen molar-refractivity contribution in [1.82, 2.24) is 10.2 Å². The van der Waals surface area contributed by atoms with Crippen molar-refractivity contribution in [2.75, 3.05) is 20.2 Å². The normalized spacial score (nSPS) is 19.6. The van der Waals surface area contributed by atoms with Gasteiger partial charge in [0.15, 0.2) is 0 Å². The van der Waals surface area contributed by atoms with Crippen molar-refractivity contribution in [3.63, 3.8) is 0 Å². The molecule has 1 fully saturated rings. The van der Waals surface area contributed by atoms with Crippen LogP contribution in [0.25, 0.3) is 0 Å². The molecule has 0 aromatic heterocycles. The number of hydrogen-bond donors (Lipinski definition) is 1. The number of hydrogen-bond acceptors (Lipinski definition) is 3. The van der Waals surface area contributed by atoms with Crippen molar-refractivity contribution in [3.05, 3.63) is 41.5 Å². The van der Waals surface area contributed by atoms with Crippen LogP contribution in [-0.2, 0) is 4.79 Å². The Kier molecular flexibility index (Phi) is 5.74. The highest BCUT2D eigenvalue weighted by atomic mass is 16.5. The molecule has 134 valence electrons. The van der Waals surface area contributed by atoms with E-state index in [0.717, 1.165) is 32.1 Å². The second kappa shape index (κ2) is 8.19. The van der Waals surface area contributed by atoms with Crippen LogP contribution in [0.3, 0.4) is 0 Å². The maximum Gasteiger partial charge on any atom is 0.254 e. The Bertz CT molecular complexity index is 651. The Morgan fingerprint density at radius 3 is 2.72 bits per heavy atom. The molecule has 5 heteroatoms. The minimum atomic E-state index is -0.354. The number of amides is 2. The van der Waals surface area contributed by atoms with E-state index in [-0.39, 0.29) is 17.9 Å². The van der Waals surface area contributed by atoms with Gasteiger partial charge < -0.3 is 15.0 Å². The van der Waals surface area contributed by atoms with E-state index in [4.69, 9.17) is 4.74 Å². The molecule has 0 spiro atoms. The monoisotopic (exact) mass is 342 g/mol. The maximum atomic E-state index is 12.7. The van der Waals surface area contributed by atoms with E-state index >= 15 is 0 Å². The second-order valence-electron chi connectivity index (χ2n) is 6.68. The Hall–Kier alpha value is -2.30. The molecule has 1 saturated heterocycles. The molecule has 1 aliphatic heterocycles. The molecule has 25 heavy (non-hydrogen) atoms. The Labute approximate surface area is 149 Å². The molecule has 1 atom stereocenters. The smallest absolute Gasteiger partial charge is 0.254 e. The molecule has 0 radical (unpaired) electrons. The number of methoxy groups -OCH3 is 1. The lowest BCUT2D eigenvalue weighted by molar-refractivity contribution is -0.124. The van der Waals surface area contributed by atoms with Gasteiger partial charge in [0.25, 0.3) is 5.91 Å². The van der Waals surface area contributed by atoms with Crippen LogP contribution in [0.2, 0.25) is 0 Å². The summed E-state index contributed by atoms with van der Waals surface area (Å²) in [7, 11) is 1.60. The predicted octanol–water partition coefficient (Wildman–Crippen LogP) is 2.92. The third kappa shape index (κ3) is 4.21. The number of carbonyl (C=O) groups is 2. The van der Waals surface area contributed by atoms with E-state index in [1.54, 1.807) is 36.3 Å². The molecule has 5 nitrogen and oxygen atoms in total. The number of nitrogens with one attached hydrogen (secondary N) is 1. The molecule has 1 heterocycles. The van der Waals surface area contributed by atoms with Gasteiger partial charge >= 0.3 is 0 Å². The van der Waals surface area contributed by atoms with Crippen LogP contribution in [0.4, 0.5) is 0 Å². The van der Waals surface area contributed by atoms with Crippen molar-refractivity contribution in [2.45, 2.75) is 44.6 Å². The number of benzene rings is 1. The summed E-state index contributed by atoms with van der Waals surface area (Å²) in [6.07, 6.45) is 8.35. The van der Waals surface area contributed by atoms with Crippen LogP contribution in [0.1, 0.15) is 48.9 Å². The van der Waals surface area contributed by atoms with Gasteiger partial charge in [0.2, 0.25) is 5.91 Å². The molecule has 2 amide bonds. The molecular formula is C20H26N2O3. The summed E-state index contributed by atoms with van der Waals surface area (Å²) >= 11 is 0. The van der Waals surface area contributed by atoms with Crippen molar-refractivity contribution in [1.29, 1.82) is 0 Å². The highest BCUT2D eigenvalue weighted by Crippen LogP contribution is 2.22. The van der Waals surface area contributed by atoms with Crippen LogP contribution in [0.5, 0.6) is 5.75 Å². The van der Waals surface area contributed by atoms with E-state index in [2.05, 4.69) is 11.4 Å². The molecule has 0 bridgehead atoms. The average molecular weight is 342 g/mol. The first-order valence-electron chi connectivity index (χ1n) is 9.09. The summed E-state index contributed by atoms with van der Waals surface area (Å²) in [5.74, 6) is 0.602. The largest absolute Gasteiger partial charge is 0.497 e. The van der Waals surface area contributed by atoms with Gasteiger partial charge in [-0.3, -0.25) is 9.59 Å². The van der Waals surface area contributed by atoms with Crippen LogP contribution in [0, 0.1) is 0 Å². The number of ether oxygens (including phenoxy) is 1. The topological polar surface area (TPSA) is 58.6 Å². The minimum Gasteiger partial charge on any atom is -0.497 e. The van der Waals surface area contributed by atoms with Gasteiger partial charge in [-0.05, 0) is 62.8 Å². The van der Waals surface area contributed by atoms with E-state index < -0.39 is 0 Å². The van der Waals surface area contributed by atoms with Gasteiger partial charge in [-0.25, -0.2) is 0 Å². The summed E-state index contributed by atoms with van der Waals surface area (Å²) < 4.78 is 5.13. The number of likely N-dealkylation sites (tertiary alicyclic amines) is 1. The zero-order chi connectivity index (χ0) is 17.6. The zero-order valence-corrected chi connectivity index (χ0v) is 14.8. The Balaban J connectivity index is 1.56.